The van der Waals surface area contributed by atoms with Gasteiger partial charge in [-0.1, -0.05) is 6.07 Å². The normalized spacial score (nSPS) is 12.2. The van der Waals surface area contributed by atoms with Crippen LogP contribution in [0, 0.1) is 0 Å². The summed E-state index contributed by atoms with van der Waals surface area (Å²) in [6.07, 6.45) is 0.431. The molecule has 6 rings (SSSR count). The van der Waals surface area contributed by atoms with Crippen molar-refractivity contribution in [2.45, 2.75) is 13.0 Å². The zero-order valence-electron chi connectivity index (χ0n) is 22.6. The molecule has 0 saturated heterocycles. The van der Waals surface area contributed by atoms with Crippen molar-refractivity contribution in [1.82, 2.24) is 4.57 Å². The number of hydrogen-bond acceptors (Lipinski definition) is 9. The molecule has 3 aromatic carbocycles. The largest absolute Gasteiger partial charge is 0.504 e. The first-order valence-electron chi connectivity index (χ1n) is 12.5. The summed E-state index contributed by atoms with van der Waals surface area (Å²) in [6.45, 7) is 0.390. The van der Waals surface area contributed by atoms with Crippen LogP contribution in [0.4, 0.5) is 0 Å². The van der Waals surface area contributed by atoms with Crippen LogP contribution < -0.4 is 29.3 Å². The van der Waals surface area contributed by atoms with Crippen molar-refractivity contribution >= 4 is 21.9 Å². The number of rotatable bonds is 6. The second-order valence-corrected chi connectivity index (χ2v) is 9.32. The Morgan fingerprint density at radius 3 is 2.23 bits per heavy atom. The smallest absolute Gasteiger partial charge is 0.361 e. The number of benzene rings is 3. The summed E-state index contributed by atoms with van der Waals surface area (Å²) in [7, 11) is 7.54. The topological polar surface area (TPSA) is 122 Å². The maximum atomic E-state index is 13.6. The van der Waals surface area contributed by atoms with E-state index in [2.05, 4.69) is 0 Å². The highest BCUT2D eigenvalue weighted by atomic mass is 16.5. The summed E-state index contributed by atoms with van der Waals surface area (Å²) in [6, 6.07) is 10.3. The molecule has 2 N–H and O–H groups in total. The molecule has 10 nitrogen and oxygen atoms in total. The van der Waals surface area contributed by atoms with E-state index in [0.29, 0.717) is 68.9 Å². The zero-order valence-corrected chi connectivity index (χ0v) is 22.6. The first kappa shape index (κ1) is 25.3. The highest BCUT2D eigenvalue weighted by Crippen LogP contribution is 2.52. The van der Waals surface area contributed by atoms with Gasteiger partial charge < -0.3 is 42.9 Å². The van der Waals surface area contributed by atoms with E-state index in [9.17, 15) is 15.0 Å². The van der Waals surface area contributed by atoms with Crippen LogP contribution in [0.1, 0.15) is 5.56 Å². The van der Waals surface area contributed by atoms with Crippen LogP contribution in [-0.4, -0.2) is 50.3 Å². The number of aromatic nitrogens is 1. The van der Waals surface area contributed by atoms with Crippen LogP contribution in [0.3, 0.4) is 0 Å². The Labute approximate surface area is 228 Å². The molecule has 0 bridgehead atoms. The molecule has 5 aromatic rings. The summed E-state index contributed by atoms with van der Waals surface area (Å²) in [4.78, 5) is 13.6. The van der Waals surface area contributed by atoms with Gasteiger partial charge in [0.2, 0.25) is 5.75 Å². The maximum absolute atomic E-state index is 13.6. The van der Waals surface area contributed by atoms with Gasteiger partial charge in [-0.25, -0.2) is 4.79 Å². The minimum absolute atomic E-state index is 0.0184. The van der Waals surface area contributed by atoms with E-state index in [1.807, 2.05) is 16.7 Å². The Balaban J connectivity index is 1.85. The molecule has 40 heavy (non-hydrogen) atoms. The molecular weight excluding hydrogens is 518 g/mol. The second-order valence-electron chi connectivity index (χ2n) is 9.32. The van der Waals surface area contributed by atoms with Crippen LogP contribution in [0.15, 0.2) is 45.6 Å². The number of aromatic hydroxyl groups is 2. The van der Waals surface area contributed by atoms with Gasteiger partial charge in [-0.2, -0.15) is 0 Å². The third-order valence-corrected chi connectivity index (χ3v) is 7.47. The molecule has 0 saturated carbocycles. The first-order valence-corrected chi connectivity index (χ1v) is 12.5. The summed E-state index contributed by atoms with van der Waals surface area (Å²) in [5.41, 5.74) is 3.46. The Hall–Kier alpha value is -4.99. The fourth-order valence-corrected chi connectivity index (χ4v) is 5.71. The lowest BCUT2D eigenvalue weighted by molar-refractivity contribution is 0.331. The summed E-state index contributed by atoms with van der Waals surface area (Å²) in [5.74, 6) is 1.69. The Bertz CT molecular complexity index is 1880. The van der Waals surface area contributed by atoms with Crippen molar-refractivity contribution in [3.63, 3.8) is 0 Å². The Morgan fingerprint density at radius 1 is 0.825 bits per heavy atom. The number of methoxy groups -OCH3 is 5. The average molecular weight is 546 g/mol. The lowest BCUT2D eigenvalue weighted by Crippen LogP contribution is -2.15. The number of nitrogens with zero attached hydrogens (tertiary/aromatic N) is 1. The standard InChI is InChI=1S/C30H27NO9/c1-35-19-7-6-14(10-22(19)37-3)24-25-17-12-21(36-2)18(32)13-20(17)40-30(34)27(25)31-9-8-15-16(26(24)31)11-23(38-4)29(39-5)28(15)33/h6-7,10-13,32-33H,8-9H2,1-5H3. The molecule has 1 aliphatic heterocycles. The van der Waals surface area contributed by atoms with Crippen LogP contribution in [0.25, 0.3) is 44.3 Å². The maximum Gasteiger partial charge on any atom is 0.361 e. The van der Waals surface area contributed by atoms with Gasteiger partial charge in [-0.3, -0.25) is 0 Å². The predicted molar refractivity (Wildman–Crippen MR) is 149 cm³/mol. The van der Waals surface area contributed by atoms with Crippen LogP contribution in [-0.2, 0) is 13.0 Å². The quantitative estimate of drug-likeness (QED) is 0.281. The van der Waals surface area contributed by atoms with Crippen molar-refractivity contribution in [2.24, 2.45) is 0 Å². The number of phenols is 2. The van der Waals surface area contributed by atoms with E-state index < -0.39 is 5.63 Å². The minimum Gasteiger partial charge on any atom is -0.504 e. The van der Waals surface area contributed by atoms with Gasteiger partial charge in [0.15, 0.2) is 34.5 Å². The number of phenolic OH excluding ortho intramolecular Hbond substituents is 2. The lowest BCUT2D eigenvalue weighted by Gasteiger charge is -2.24. The minimum atomic E-state index is -0.562. The third kappa shape index (κ3) is 3.45. The van der Waals surface area contributed by atoms with E-state index in [1.54, 1.807) is 32.4 Å². The van der Waals surface area contributed by atoms with Crippen LogP contribution in [0.2, 0.25) is 0 Å². The highest BCUT2D eigenvalue weighted by molar-refractivity contribution is 6.17. The van der Waals surface area contributed by atoms with Crippen molar-refractivity contribution in [3.8, 4) is 62.6 Å². The summed E-state index contributed by atoms with van der Waals surface area (Å²) in [5, 5.41) is 22.8. The van der Waals surface area contributed by atoms with Crippen molar-refractivity contribution < 1.29 is 38.3 Å². The molecule has 0 unspecified atom stereocenters. The lowest BCUT2D eigenvalue weighted by atomic mass is 9.91. The van der Waals surface area contributed by atoms with Gasteiger partial charge in [-0.05, 0) is 36.2 Å². The number of aryl methyl sites for hydroxylation is 1. The number of fused-ring (bicyclic) bond motifs is 7. The number of ether oxygens (including phenoxy) is 5. The van der Waals surface area contributed by atoms with E-state index in [1.165, 1.54) is 27.4 Å². The predicted octanol–water partition coefficient (Wildman–Crippen LogP) is 5.09. The van der Waals surface area contributed by atoms with Gasteiger partial charge in [-0.15, -0.1) is 0 Å². The first-order chi connectivity index (χ1) is 19.4. The second kappa shape index (κ2) is 9.33. The van der Waals surface area contributed by atoms with Crippen LogP contribution in [0.5, 0.6) is 40.2 Å². The molecule has 1 aliphatic rings. The van der Waals surface area contributed by atoms with E-state index >= 15 is 0 Å². The zero-order chi connectivity index (χ0) is 28.3. The Morgan fingerprint density at radius 2 is 1.55 bits per heavy atom. The molecule has 0 atom stereocenters. The van der Waals surface area contributed by atoms with Crippen molar-refractivity contribution in [2.75, 3.05) is 35.5 Å². The molecule has 0 amide bonds. The molecule has 0 radical (unpaired) electrons. The fourth-order valence-electron chi connectivity index (χ4n) is 5.71. The molecule has 0 spiro atoms. The van der Waals surface area contributed by atoms with E-state index in [4.69, 9.17) is 28.1 Å². The van der Waals surface area contributed by atoms with E-state index in [-0.39, 0.29) is 28.6 Å². The molecule has 3 heterocycles. The molecule has 0 aliphatic carbocycles. The third-order valence-electron chi connectivity index (χ3n) is 7.47. The van der Waals surface area contributed by atoms with E-state index in [0.717, 1.165) is 5.56 Å². The van der Waals surface area contributed by atoms with Gasteiger partial charge in [0, 0.05) is 40.1 Å². The molecule has 2 aromatic heterocycles. The van der Waals surface area contributed by atoms with Crippen LogP contribution >= 0.6 is 0 Å². The SMILES string of the molecule is COc1cc2c(cc1O)oc(=O)c1c2c(-c2ccc(OC)c(OC)c2)c2n1CCc1c-2cc(OC)c(OC)c1O. The van der Waals surface area contributed by atoms with Gasteiger partial charge >= 0.3 is 5.63 Å². The van der Waals surface area contributed by atoms with Crippen molar-refractivity contribution in [1.29, 1.82) is 0 Å². The summed E-state index contributed by atoms with van der Waals surface area (Å²) >= 11 is 0. The van der Waals surface area contributed by atoms with Gasteiger partial charge in [0.1, 0.15) is 11.1 Å². The molecule has 10 heteroatoms. The monoisotopic (exact) mass is 545 g/mol. The molecular formula is C30H27NO9. The average Bonchev–Trinajstić information content (AvgIpc) is 3.32. The Kier molecular flexibility index (Phi) is 5.90. The summed E-state index contributed by atoms with van der Waals surface area (Å²) < 4.78 is 35.1. The molecule has 0 fully saturated rings. The fraction of sp³-hybridized carbons (Fsp3) is 0.233. The molecule has 206 valence electrons. The van der Waals surface area contributed by atoms with Gasteiger partial charge in [0.05, 0.1) is 41.2 Å². The highest BCUT2D eigenvalue weighted by Gasteiger charge is 2.32. The van der Waals surface area contributed by atoms with Crippen molar-refractivity contribution in [3.05, 3.63) is 52.4 Å². The number of hydrogen-bond donors (Lipinski definition) is 2. The van der Waals surface area contributed by atoms with Gasteiger partial charge in [0.25, 0.3) is 0 Å².